The second-order valence-corrected chi connectivity index (χ2v) is 5.78. The molecule has 0 spiro atoms. The van der Waals surface area contributed by atoms with Gasteiger partial charge in [0.1, 0.15) is 0 Å². The van der Waals surface area contributed by atoms with Crippen molar-refractivity contribution in [2.24, 2.45) is 0 Å². The van der Waals surface area contributed by atoms with Gasteiger partial charge in [0.05, 0.1) is 15.0 Å². The lowest BCUT2D eigenvalue weighted by atomic mass is 10.2. The lowest BCUT2D eigenvalue weighted by Gasteiger charge is -2.08. The largest absolute Gasteiger partial charge is 0.398 e. The summed E-state index contributed by atoms with van der Waals surface area (Å²) >= 11 is 13.6. The number of nitrogen functional groups attached to an aromatic ring is 1. The number of thioether (sulfide) groups is 1. The number of nitrogens with zero attached hydrogens (tertiary/aromatic N) is 1. The number of hydrogen-bond donors (Lipinski definition) is 1. The molecule has 0 aliphatic rings. The lowest BCUT2D eigenvalue weighted by Crippen LogP contribution is -1.92. The summed E-state index contributed by atoms with van der Waals surface area (Å²) in [4.78, 5) is 10.9. The van der Waals surface area contributed by atoms with Crippen LogP contribution < -0.4 is 5.73 Å². The zero-order chi connectivity index (χ0) is 14.7. The van der Waals surface area contributed by atoms with Crippen LogP contribution in [0.5, 0.6) is 0 Å². The van der Waals surface area contributed by atoms with E-state index in [1.165, 1.54) is 23.9 Å². The molecule has 7 heteroatoms. The number of nitrogens with two attached hydrogens (primary N) is 1. The van der Waals surface area contributed by atoms with E-state index in [0.29, 0.717) is 21.5 Å². The van der Waals surface area contributed by atoms with E-state index in [0.717, 1.165) is 10.5 Å². The van der Waals surface area contributed by atoms with Gasteiger partial charge < -0.3 is 5.73 Å². The summed E-state index contributed by atoms with van der Waals surface area (Å²) in [5, 5.41) is 11.6. The van der Waals surface area contributed by atoms with Crippen LogP contribution >= 0.6 is 35.0 Å². The van der Waals surface area contributed by atoms with Gasteiger partial charge in [0.25, 0.3) is 5.69 Å². The van der Waals surface area contributed by atoms with Gasteiger partial charge in [0.2, 0.25) is 0 Å². The fraction of sp³-hybridized carbons (Fsp3) is 0.0769. The normalized spacial score (nSPS) is 10.5. The second-order valence-electron chi connectivity index (χ2n) is 3.98. The maximum Gasteiger partial charge on any atom is 0.270 e. The molecule has 0 fully saturated rings. The van der Waals surface area contributed by atoms with Crippen molar-refractivity contribution in [3.05, 3.63) is 62.1 Å². The standard InChI is InChI=1S/C13H10Cl2N2O2S/c14-10-2-1-3-12(16)13(10)20-7-8-4-5-9(17(18)19)6-11(8)15/h1-6H,7,16H2. The molecule has 0 aromatic heterocycles. The predicted molar refractivity (Wildman–Crippen MR) is 83.5 cm³/mol. The molecule has 0 saturated carbocycles. The first-order chi connectivity index (χ1) is 9.49. The number of anilines is 1. The van der Waals surface area contributed by atoms with E-state index < -0.39 is 4.92 Å². The van der Waals surface area contributed by atoms with Gasteiger partial charge in [-0.1, -0.05) is 29.3 Å². The van der Waals surface area contributed by atoms with Crippen LogP contribution in [0.2, 0.25) is 10.0 Å². The second kappa shape index (κ2) is 6.35. The van der Waals surface area contributed by atoms with Crippen molar-refractivity contribution in [1.29, 1.82) is 0 Å². The van der Waals surface area contributed by atoms with Gasteiger partial charge in [-0.15, -0.1) is 11.8 Å². The quantitative estimate of drug-likeness (QED) is 0.379. The molecule has 0 aliphatic heterocycles. The van der Waals surface area contributed by atoms with Crippen LogP contribution in [0, 0.1) is 10.1 Å². The third-order valence-electron chi connectivity index (χ3n) is 2.62. The van der Waals surface area contributed by atoms with Crippen LogP contribution in [-0.4, -0.2) is 4.92 Å². The van der Waals surface area contributed by atoms with Crippen molar-refractivity contribution in [3.63, 3.8) is 0 Å². The fourth-order valence-corrected chi connectivity index (χ4v) is 3.25. The van der Waals surface area contributed by atoms with Gasteiger partial charge in [0, 0.05) is 28.5 Å². The summed E-state index contributed by atoms with van der Waals surface area (Å²) in [5.41, 5.74) is 7.22. The summed E-state index contributed by atoms with van der Waals surface area (Å²) < 4.78 is 0. The molecule has 2 N–H and O–H groups in total. The Labute approximate surface area is 130 Å². The highest BCUT2D eigenvalue weighted by Crippen LogP contribution is 2.36. The Balaban J connectivity index is 2.17. The van der Waals surface area contributed by atoms with Crippen molar-refractivity contribution in [3.8, 4) is 0 Å². The van der Waals surface area contributed by atoms with E-state index in [2.05, 4.69) is 0 Å². The van der Waals surface area contributed by atoms with Crippen LogP contribution in [0.25, 0.3) is 0 Å². The highest BCUT2D eigenvalue weighted by atomic mass is 35.5. The molecule has 104 valence electrons. The molecular formula is C13H10Cl2N2O2S. The Hall–Kier alpha value is -1.43. The molecule has 0 saturated heterocycles. The van der Waals surface area contributed by atoms with Crippen molar-refractivity contribution in [2.75, 3.05) is 5.73 Å². The first-order valence-corrected chi connectivity index (χ1v) is 7.33. The number of halogens is 2. The Bertz CT molecular complexity index is 645. The van der Waals surface area contributed by atoms with E-state index in [1.807, 2.05) is 0 Å². The minimum atomic E-state index is -0.477. The van der Waals surface area contributed by atoms with Crippen molar-refractivity contribution in [2.45, 2.75) is 10.6 Å². The Kier molecular flexibility index (Phi) is 4.75. The van der Waals surface area contributed by atoms with Crippen LogP contribution in [0.15, 0.2) is 41.3 Å². The maximum atomic E-state index is 10.6. The Morgan fingerprint density at radius 2 is 1.95 bits per heavy atom. The zero-order valence-electron chi connectivity index (χ0n) is 10.2. The average molecular weight is 329 g/mol. The van der Waals surface area contributed by atoms with Crippen molar-refractivity contribution < 1.29 is 4.92 Å². The first kappa shape index (κ1) is 15.0. The Morgan fingerprint density at radius 1 is 1.20 bits per heavy atom. The van der Waals surface area contributed by atoms with E-state index in [1.54, 1.807) is 24.3 Å². The number of nitro benzene ring substituents is 1. The lowest BCUT2D eigenvalue weighted by molar-refractivity contribution is -0.384. The SMILES string of the molecule is Nc1cccc(Cl)c1SCc1ccc([N+](=O)[O-])cc1Cl. The minimum absolute atomic E-state index is 0.0268. The fourth-order valence-electron chi connectivity index (χ4n) is 1.59. The number of rotatable bonds is 4. The summed E-state index contributed by atoms with van der Waals surface area (Å²) in [6.45, 7) is 0. The van der Waals surface area contributed by atoms with E-state index in [-0.39, 0.29) is 5.69 Å². The topological polar surface area (TPSA) is 69.2 Å². The van der Waals surface area contributed by atoms with E-state index in [4.69, 9.17) is 28.9 Å². The van der Waals surface area contributed by atoms with Crippen LogP contribution in [0.4, 0.5) is 11.4 Å². The van der Waals surface area contributed by atoms with E-state index in [9.17, 15) is 10.1 Å². The van der Waals surface area contributed by atoms with Gasteiger partial charge in [0.15, 0.2) is 0 Å². The van der Waals surface area contributed by atoms with Crippen molar-refractivity contribution >= 4 is 46.3 Å². The third kappa shape index (κ3) is 3.36. The van der Waals surface area contributed by atoms with Gasteiger partial charge in [-0.25, -0.2) is 0 Å². The molecule has 2 aromatic carbocycles. The molecule has 0 atom stereocenters. The van der Waals surface area contributed by atoms with Gasteiger partial charge in [-0.05, 0) is 23.8 Å². The smallest absolute Gasteiger partial charge is 0.270 e. The molecule has 0 heterocycles. The molecule has 0 aliphatic carbocycles. The minimum Gasteiger partial charge on any atom is -0.398 e. The van der Waals surface area contributed by atoms with Crippen LogP contribution in [-0.2, 0) is 5.75 Å². The summed E-state index contributed by atoms with van der Waals surface area (Å²) in [6, 6.07) is 9.72. The molecule has 2 aromatic rings. The molecule has 0 bridgehead atoms. The summed E-state index contributed by atoms with van der Waals surface area (Å²) in [5.74, 6) is 0.533. The molecule has 0 amide bonds. The molecule has 20 heavy (non-hydrogen) atoms. The number of hydrogen-bond acceptors (Lipinski definition) is 4. The molecule has 4 nitrogen and oxygen atoms in total. The number of non-ortho nitro benzene ring substituents is 1. The predicted octanol–water partition coefficient (Wildman–Crippen LogP) is 4.78. The highest BCUT2D eigenvalue weighted by molar-refractivity contribution is 7.98. The van der Waals surface area contributed by atoms with Crippen LogP contribution in [0.3, 0.4) is 0 Å². The monoisotopic (exact) mass is 328 g/mol. The molecule has 0 unspecified atom stereocenters. The zero-order valence-corrected chi connectivity index (χ0v) is 12.5. The number of benzene rings is 2. The molecule has 2 rings (SSSR count). The van der Waals surface area contributed by atoms with Crippen molar-refractivity contribution in [1.82, 2.24) is 0 Å². The first-order valence-electron chi connectivity index (χ1n) is 5.58. The van der Waals surface area contributed by atoms with E-state index >= 15 is 0 Å². The third-order valence-corrected chi connectivity index (χ3v) is 4.60. The summed E-state index contributed by atoms with van der Waals surface area (Å²) in [7, 11) is 0. The average Bonchev–Trinajstić information content (AvgIpc) is 2.39. The van der Waals surface area contributed by atoms with Gasteiger partial charge in [-0.2, -0.15) is 0 Å². The number of nitro groups is 1. The molecular weight excluding hydrogens is 319 g/mol. The Morgan fingerprint density at radius 3 is 2.55 bits per heavy atom. The highest BCUT2D eigenvalue weighted by Gasteiger charge is 2.11. The van der Waals surface area contributed by atoms with Gasteiger partial charge >= 0.3 is 0 Å². The molecule has 0 radical (unpaired) electrons. The maximum absolute atomic E-state index is 10.6. The van der Waals surface area contributed by atoms with Crippen LogP contribution in [0.1, 0.15) is 5.56 Å². The van der Waals surface area contributed by atoms with Gasteiger partial charge in [-0.3, -0.25) is 10.1 Å². The summed E-state index contributed by atoms with van der Waals surface area (Å²) in [6.07, 6.45) is 0.